The monoisotopic (exact) mass is 461 g/mol. The fourth-order valence-electron chi connectivity index (χ4n) is 2.74. The Hall–Kier alpha value is -3.37. The number of anilines is 1. The van der Waals surface area contributed by atoms with Gasteiger partial charge in [0.25, 0.3) is 5.91 Å². The molecule has 3 heterocycles. The van der Waals surface area contributed by atoms with E-state index in [1.807, 2.05) is 5.38 Å². The number of carbonyl (C=O) groups excluding carboxylic acids is 1. The minimum Gasteiger partial charge on any atom is -0.435 e. The van der Waals surface area contributed by atoms with Gasteiger partial charge in [0.1, 0.15) is 5.75 Å². The second-order valence-corrected chi connectivity index (χ2v) is 7.65. The van der Waals surface area contributed by atoms with Crippen molar-refractivity contribution in [2.45, 2.75) is 13.2 Å². The molecule has 158 valence electrons. The summed E-state index contributed by atoms with van der Waals surface area (Å²) in [5, 5.41) is 9.19. The zero-order valence-electron chi connectivity index (χ0n) is 15.7. The maximum Gasteiger partial charge on any atom is 0.387 e. The number of nitrogens with one attached hydrogen (secondary N) is 1. The first-order chi connectivity index (χ1) is 15.0. The summed E-state index contributed by atoms with van der Waals surface area (Å²) >= 11 is 7.16. The molecule has 4 aromatic rings. The van der Waals surface area contributed by atoms with Gasteiger partial charge in [-0.25, -0.2) is 9.97 Å². The molecule has 0 bridgehead atoms. The average Bonchev–Trinajstić information content (AvgIpc) is 3.37. The molecule has 0 saturated carbocycles. The van der Waals surface area contributed by atoms with Gasteiger partial charge in [-0.15, -0.1) is 11.3 Å². The molecule has 0 fully saturated rings. The van der Waals surface area contributed by atoms with Gasteiger partial charge in [-0.05, 0) is 47.3 Å². The lowest BCUT2D eigenvalue weighted by Crippen LogP contribution is -2.13. The van der Waals surface area contributed by atoms with Crippen LogP contribution in [0.4, 0.5) is 14.7 Å². The van der Waals surface area contributed by atoms with Crippen molar-refractivity contribution in [3.8, 4) is 17.0 Å². The Morgan fingerprint density at radius 3 is 2.77 bits per heavy atom. The molecule has 4 rings (SSSR count). The summed E-state index contributed by atoms with van der Waals surface area (Å²) in [6, 6.07) is 9.44. The molecule has 0 unspecified atom stereocenters. The van der Waals surface area contributed by atoms with Gasteiger partial charge >= 0.3 is 6.61 Å². The number of aromatic nitrogens is 4. The van der Waals surface area contributed by atoms with E-state index in [1.165, 1.54) is 29.7 Å². The number of rotatable bonds is 7. The van der Waals surface area contributed by atoms with Crippen molar-refractivity contribution in [2.75, 3.05) is 5.32 Å². The van der Waals surface area contributed by atoms with Gasteiger partial charge in [0.2, 0.25) is 5.95 Å². The van der Waals surface area contributed by atoms with Gasteiger partial charge < -0.3 is 4.74 Å². The molecule has 0 aliphatic rings. The molecule has 1 aromatic carbocycles. The van der Waals surface area contributed by atoms with Crippen molar-refractivity contribution in [2.24, 2.45) is 0 Å². The topological polar surface area (TPSA) is 81.9 Å². The Balaban J connectivity index is 1.43. The summed E-state index contributed by atoms with van der Waals surface area (Å²) < 4.78 is 30.6. The lowest BCUT2D eigenvalue weighted by atomic mass is 10.1. The molecule has 0 spiro atoms. The van der Waals surface area contributed by atoms with Crippen molar-refractivity contribution in [3.63, 3.8) is 0 Å². The van der Waals surface area contributed by atoms with Crippen molar-refractivity contribution in [3.05, 3.63) is 75.8 Å². The van der Waals surface area contributed by atoms with Gasteiger partial charge in [0.05, 0.1) is 28.3 Å². The molecular formula is C20H14ClF2N5O2S. The van der Waals surface area contributed by atoms with E-state index in [9.17, 15) is 13.6 Å². The van der Waals surface area contributed by atoms with Crippen LogP contribution in [-0.4, -0.2) is 32.3 Å². The van der Waals surface area contributed by atoms with E-state index in [0.29, 0.717) is 27.7 Å². The smallest absolute Gasteiger partial charge is 0.387 e. The summed E-state index contributed by atoms with van der Waals surface area (Å²) in [6.45, 7) is -2.39. The van der Waals surface area contributed by atoms with Crippen LogP contribution in [0.3, 0.4) is 0 Å². The standard InChI is InChI=1S/C20H14ClF2N5O2S/c21-14-8-25-28(10-14)9-12-7-17(31-11-12)18(29)27-20-24-6-5-16(26-20)13-1-3-15(4-2-13)30-19(22)23/h1-8,10-11,19H,9H2,(H,24,26,27,29). The fourth-order valence-corrected chi connectivity index (χ4v) is 3.69. The number of amides is 1. The first-order valence-electron chi connectivity index (χ1n) is 8.91. The van der Waals surface area contributed by atoms with E-state index in [0.717, 1.165) is 5.56 Å². The molecule has 0 aliphatic heterocycles. The lowest BCUT2D eigenvalue weighted by Gasteiger charge is -2.07. The summed E-state index contributed by atoms with van der Waals surface area (Å²) in [4.78, 5) is 21.5. The highest BCUT2D eigenvalue weighted by Crippen LogP contribution is 2.23. The maximum atomic E-state index is 12.6. The third-order valence-electron chi connectivity index (χ3n) is 4.08. The average molecular weight is 462 g/mol. The lowest BCUT2D eigenvalue weighted by molar-refractivity contribution is -0.0498. The first kappa shape index (κ1) is 20.9. The highest BCUT2D eigenvalue weighted by molar-refractivity contribution is 7.12. The highest BCUT2D eigenvalue weighted by Gasteiger charge is 2.13. The number of alkyl halides is 2. The number of nitrogens with zero attached hydrogens (tertiary/aromatic N) is 4. The Morgan fingerprint density at radius 2 is 2.06 bits per heavy atom. The second kappa shape index (κ2) is 9.19. The predicted molar refractivity (Wildman–Crippen MR) is 113 cm³/mol. The van der Waals surface area contributed by atoms with Gasteiger partial charge in [-0.1, -0.05) is 11.6 Å². The number of thiophene rings is 1. The number of halogens is 3. The van der Waals surface area contributed by atoms with Crippen LogP contribution < -0.4 is 10.1 Å². The molecule has 1 N–H and O–H groups in total. The second-order valence-electron chi connectivity index (χ2n) is 6.30. The van der Waals surface area contributed by atoms with E-state index in [-0.39, 0.29) is 17.6 Å². The molecule has 1 amide bonds. The Morgan fingerprint density at radius 1 is 1.26 bits per heavy atom. The molecule has 0 saturated heterocycles. The highest BCUT2D eigenvalue weighted by atomic mass is 35.5. The van der Waals surface area contributed by atoms with Crippen molar-refractivity contribution in [1.82, 2.24) is 19.7 Å². The molecule has 31 heavy (non-hydrogen) atoms. The van der Waals surface area contributed by atoms with Crippen LogP contribution in [0.1, 0.15) is 15.2 Å². The van der Waals surface area contributed by atoms with Gasteiger partial charge in [0.15, 0.2) is 0 Å². The molecule has 7 nitrogen and oxygen atoms in total. The van der Waals surface area contributed by atoms with Crippen LogP contribution >= 0.6 is 22.9 Å². The SMILES string of the molecule is O=C(Nc1nccc(-c2ccc(OC(F)F)cc2)n1)c1cc(Cn2cc(Cl)cn2)cs1. The number of benzene rings is 1. The van der Waals surface area contributed by atoms with E-state index in [4.69, 9.17) is 11.6 Å². The quantitative estimate of drug-likeness (QED) is 0.421. The number of hydrogen-bond donors (Lipinski definition) is 1. The van der Waals surface area contributed by atoms with E-state index in [2.05, 4.69) is 25.1 Å². The Bertz CT molecular complexity index is 1200. The molecular weight excluding hydrogens is 448 g/mol. The van der Waals surface area contributed by atoms with E-state index >= 15 is 0 Å². The predicted octanol–water partition coefficient (Wildman–Crippen LogP) is 4.96. The maximum absolute atomic E-state index is 12.6. The van der Waals surface area contributed by atoms with Crippen molar-refractivity contribution in [1.29, 1.82) is 0 Å². The van der Waals surface area contributed by atoms with Crippen LogP contribution in [0.2, 0.25) is 5.02 Å². The summed E-state index contributed by atoms with van der Waals surface area (Å²) in [6.07, 6.45) is 4.75. The largest absolute Gasteiger partial charge is 0.435 e. The van der Waals surface area contributed by atoms with E-state index < -0.39 is 6.61 Å². The van der Waals surface area contributed by atoms with E-state index in [1.54, 1.807) is 41.3 Å². The molecule has 0 aliphatic carbocycles. The van der Waals surface area contributed by atoms with Crippen molar-refractivity contribution < 1.29 is 18.3 Å². The minimum atomic E-state index is -2.89. The first-order valence-corrected chi connectivity index (χ1v) is 10.2. The van der Waals surface area contributed by atoms with Gasteiger partial charge in [0, 0.05) is 18.0 Å². The summed E-state index contributed by atoms with van der Waals surface area (Å²) in [7, 11) is 0. The normalized spacial score (nSPS) is 11.0. The molecule has 0 radical (unpaired) electrons. The Labute approximate surface area is 184 Å². The molecule has 11 heteroatoms. The minimum absolute atomic E-state index is 0.0483. The summed E-state index contributed by atoms with van der Waals surface area (Å²) in [5.41, 5.74) is 2.10. The third-order valence-corrected chi connectivity index (χ3v) is 5.25. The number of carbonyl (C=O) groups is 1. The Kier molecular flexibility index (Phi) is 6.19. The zero-order valence-corrected chi connectivity index (χ0v) is 17.3. The zero-order chi connectivity index (χ0) is 21.8. The van der Waals surface area contributed by atoms with Crippen LogP contribution in [0, 0.1) is 0 Å². The third kappa shape index (κ3) is 5.41. The van der Waals surface area contributed by atoms with Crippen LogP contribution in [0.15, 0.2) is 60.4 Å². The fraction of sp³-hybridized carbons (Fsp3) is 0.100. The molecule has 3 aromatic heterocycles. The number of hydrogen-bond acceptors (Lipinski definition) is 6. The van der Waals surface area contributed by atoms with Crippen LogP contribution in [-0.2, 0) is 6.54 Å². The van der Waals surface area contributed by atoms with Gasteiger partial charge in [-0.2, -0.15) is 13.9 Å². The van der Waals surface area contributed by atoms with Gasteiger partial charge in [-0.3, -0.25) is 14.8 Å². The molecule has 0 atom stereocenters. The number of ether oxygens (including phenoxy) is 1. The van der Waals surface area contributed by atoms with Crippen LogP contribution in [0.25, 0.3) is 11.3 Å². The van der Waals surface area contributed by atoms with Crippen LogP contribution in [0.5, 0.6) is 5.75 Å². The van der Waals surface area contributed by atoms with Crippen molar-refractivity contribution >= 4 is 34.8 Å². The summed E-state index contributed by atoms with van der Waals surface area (Å²) in [5.74, 6) is -0.163.